The number of aromatic amines is 1. The van der Waals surface area contributed by atoms with Gasteiger partial charge in [-0.15, -0.1) is 0 Å². The van der Waals surface area contributed by atoms with Crippen molar-refractivity contribution in [2.24, 2.45) is 0 Å². The molecule has 2 aliphatic rings. The van der Waals surface area contributed by atoms with Crippen LogP contribution in [0.2, 0.25) is 0 Å². The zero-order valence-corrected chi connectivity index (χ0v) is 19.1. The van der Waals surface area contributed by atoms with Crippen LogP contribution in [-0.2, 0) is 10.0 Å². The van der Waals surface area contributed by atoms with Crippen LogP contribution in [-0.4, -0.2) is 59.3 Å². The van der Waals surface area contributed by atoms with Crippen LogP contribution in [0.4, 0.5) is 0 Å². The lowest BCUT2D eigenvalue weighted by atomic mass is 10.0. The Morgan fingerprint density at radius 3 is 2.61 bits per heavy atom. The fourth-order valence-corrected chi connectivity index (χ4v) is 6.36. The Hall–Kier alpha value is -2.76. The van der Waals surface area contributed by atoms with Gasteiger partial charge in [0.2, 0.25) is 15.6 Å². The Labute approximate surface area is 190 Å². The number of methoxy groups -OCH3 is 1. The van der Waals surface area contributed by atoms with Gasteiger partial charge in [0.1, 0.15) is 27.7 Å². The highest BCUT2D eigenvalue weighted by Gasteiger charge is 2.32. The molecule has 1 aliphatic heterocycles. The van der Waals surface area contributed by atoms with E-state index in [1.54, 1.807) is 12.1 Å². The molecule has 1 saturated carbocycles. The zero-order chi connectivity index (χ0) is 23.2. The maximum Gasteiger partial charge on any atom is 0.297 e. The van der Waals surface area contributed by atoms with Crippen LogP contribution in [0.25, 0.3) is 22.5 Å². The van der Waals surface area contributed by atoms with Crippen LogP contribution in [0, 0.1) is 0 Å². The van der Waals surface area contributed by atoms with E-state index in [4.69, 9.17) is 9.26 Å². The predicted molar refractivity (Wildman–Crippen MR) is 120 cm³/mol. The highest BCUT2D eigenvalue weighted by atomic mass is 32.2. The number of hydrogen-bond donors (Lipinski definition) is 2. The number of H-pyrrole nitrogens is 1. The monoisotopic (exact) mass is 474 g/mol. The summed E-state index contributed by atoms with van der Waals surface area (Å²) in [6.07, 6.45) is 4.41. The molecule has 3 heterocycles. The minimum Gasteiger partial charge on any atom is -0.495 e. The molecule has 176 valence electrons. The van der Waals surface area contributed by atoms with E-state index in [9.17, 15) is 18.3 Å². The number of nitrogens with zero attached hydrogens (tertiary/aromatic N) is 3. The number of aliphatic hydroxyl groups is 1. The lowest BCUT2D eigenvalue weighted by Gasteiger charge is -2.29. The van der Waals surface area contributed by atoms with Gasteiger partial charge in [-0.2, -0.15) is 4.31 Å². The van der Waals surface area contributed by atoms with Gasteiger partial charge in [0.05, 0.1) is 13.2 Å². The predicted octanol–water partition coefficient (Wildman–Crippen LogP) is 2.39. The first-order chi connectivity index (χ1) is 15.9. The number of rotatable bonds is 5. The molecular formula is C22H26N4O6S. The van der Waals surface area contributed by atoms with E-state index in [0.717, 1.165) is 25.7 Å². The van der Waals surface area contributed by atoms with Crippen LogP contribution in [0.15, 0.2) is 32.4 Å². The van der Waals surface area contributed by atoms with E-state index in [1.165, 1.54) is 17.5 Å². The van der Waals surface area contributed by atoms with Gasteiger partial charge >= 0.3 is 0 Å². The van der Waals surface area contributed by atoms with Gasteiger partial charge in [-0.25, -0.2) is 13.4 Å². The molecule has 0 spiro atoms. The van der Waals surface area contributed by atoms with Crippen molar-refractivity contribution in [3.8, 4) is 17.1 Å². The summed E-state index contributed by atoms with van der Waals surface area (Å²) in [6.45, 7) is 0.451. The minimum absolute atomic E-state index is 0.0111. The quantitative estimate of drug-likeness (QED) is 0.575. The molecule has 1 saturated heterocycles. The summed E-state index contributed by atoms with van der Waals surface area (Å²) in [5, 5.41) is 13.9. The molecule has 33 heavy (non-hydrogen) atoms. The largest absolute Gasteiger partial charge is 0.495 e. The molecule has 0 unspecified atom stereocenters. The molecule has 0 radical (unpaired) electrons. The number of fused-ring (bicyclic) bond motifs is 1. The van der Waals surface area contributed by atoms with Gasteiger partial charge in [-0.05, 0) is 43.9 Å². The molecule has 5 rings (SSSR count). The second kappa shape index (κ2) is 8.54. The molecule has 11 heteroatoms. The number of aromatic nitrogens is 3. The van der Waals surface area contributed by atoms with Gasteiger partial charge in [0.15, 0.2) is 0 Å². The smallest absolute Gasteiger partial charge is 0.297 e. The Balaban J connectivity index is 1.59. The number of nitrogens with one attached hydrogen (secondary N) is 1. The van der Waals surface area contributed by atoms with Crippen LogP contribution in [0.3, 0.4) is 0 Å². The Morgan fingerprint density at radius 1 is 1.18 bits per heavy atom. The van der Waals surface area contributed by atoms with Crippen molar-refractivity contribution in [3.05, 3.63) is 34.2 Å². The van der Waals surface area contributed by atoms with Gasteiger partial charge in [-0.3, -0.25) is 4.79 Å². The van der Waals surface area contributed by atoms with Gasteiger partial charge in [-0.1, -0.05) is 18.0 Å². The van der Waals surface area contributed by atoms with E-state index in [-0.39, 0.29) is 41.1 Å². The van der Waals surface area contributed by atoms with Gasteiger partial charge < -0.3 is 19.4 Å². The third-order valence-corrected chi connectivity index (χ3v) is 8.49. The number of benzene rings is 1. The molecule has 3 aromatic rings. The average Bonchev–Trinajstić information content (AvgIpc) is 3.49. The molecule has 1 aromatic carbocycles. The Bertz CT molecular complexity index is 1330. The molecule has 2 fully saturated rings. The molecule has 0 atom stereocenters. The second-order valence-corrected chi connectivity index (χ2v) is 10.5. The SMILES string of the molecule is COc1ccc(-c2nc3c(C4CCCC4)noc3c(=O)[nH]2)cc1S(=O)(=O)N1CCC(O)CC1. The molecule has 1 aliphatic carbocycles. The summed E-state index contributed by atoms with van der Waals surface area (Å²) >= 11 is 0. The first-order valence-corrected chi connectivity index (χ1v) is 12.6. The third-order valence-electron chi connectivity index (χ3n) is 6.57. The summed E-state index contributed by atoms with van der Waals surface area (Å²) in [5.74, 6) is 0.641. The van der Waals surface area contributed by atoms with Crippen molar-refractivity contribution >= 4 is 21.1 Å². The second-order valence-electron chi connectivity index (χ2n) is 8.64. The zero-order valence-electron chi connectivity index (χ0n) is 18.3. The van der Waals surface area contributed by atoms with Crippen molar-refractivity contribution < 1.29 is 22.8 Å². The summed E-state index contributed by atoms with van der Waals surface area (Å²) in [5.41, 5.74) is 1.16. The first-order valence-electron chi connectivity index (χ1n) is 11.1. The third kappa shape index (κ3) is 3.94. The summed E-state index contributed by atoms with van der Waals surface area (Å²) < 4.78 is 38.7. The van der Waals surface area contributed by atoms with Crippen LogP contribution >= 0.6 is 0 Å². The maximum atomic E-state index is 13.4. The van der Waals surface area contributed by atoms with E-state index >= 15 is 0 Å². The number of aliphatic hydroxyl groups excluding tert-OH is 1. The van der Waals surface area contributed by atoms with Gasteiger partial charge in [0.25, 0.3) is 5.56 Å². The topological polar surface area (TPSA) is 139 Å². The maximum absolute atomic E-state index is 13.4. The highest BCUT2D eigenvalue weighted by Crippen LogP contribution is 2.37. The summed E-state index contributed by atoms with van der Waals surface area (Å²) in [7, 11) is -2.47. The Kier molecular flexibility index (Phi) is 5.71. The Morgan fingerprint density at radius 2 is 1.91 bits per heavy atom. The minimum atomic E-state index is -3.88. The molecule has 0 amide bonds. The molecule has 2 aromatic heterocycles. The lowest BCUT2D eigenvalue weighted by molar-refractivity contribution is 0.113. The number of piperidine rings is 1. The fraction of sp³-hybridized carbons (Fsp3) is 0.500. The van der Waals surface area contributed by atoms with E-state index in [0.29, 0.717) is 29.6 Å². The van der Waals surface area contributed by atoms with Crippen molar-refractivity contribution in [3.63, 3.8) is 0 Å². The molecule has 2 N–H and O–H groups in total. The van der Waals surface area contributed by atoms with Crippen LogP contribution in [0.1, 0.15) is 50.1 Å². The first kappa shape index (κ1) is 22.1. The van der Waals surface area contributed by atoms with E-state index in [2.05, 4.69) is 15.1 Å². The van der Waals surface area contributed by atoms with Crippen molar-refractivity contribution in [2.75, 3.05) is 20.2 Å². The highest BCUT2D eigenvalue weighted by molar-refractivity contribution is 7.89. The molecule has 10 nitrogen and oxygen atoms in total. The van der Waals surface area contributed by atoms with Crippen molar-refractivity contribution in [2.45, 2.75) is 55.4 Å². The fourth-order valence-electron chi connectivity index (χ4n) is 4.71. The molecule has 0 bridgehead atoms. The standard InChI is InChI=1S/C22H26N4O6S/c1-31-16-7-6-14(12-17(16)33(29,30)26-10-8-15(27)9-11-26)21-23-19-18(13-4-2-3-5-13)25-32-20(19)22(28)24-21/h6-7,12-13,15,27H,2-5,8-11H2,1H3,(H,23,24,28). The number of hydrogen-bond acceptors (Lipinski definition) is 8. The average molecular weight is 475 g/mol. The summed E-state index contributed by atoms with van der Waals surface area (Å²) in [6, 6.07) is 4.67. The normalized spacial score (nSPS) is 18.8. The number of ether oxygens (including phenoxy) is 1. The van der Waals surface area contributed by atoms with E-state index in [1.807, 2.05) is 0 Å². The summed E-state index contributed by atoms with van der Waals surface area (Å²) in [4.78, 5) is 20.0. The number of sulfonamides is 1. The van der Waals surface area contributed by atoms with Crippen molar-refractivity contribution in [1.82, 2.24) is 19.4 Å². The van der Waals surface area contributed by atoms with Gasteiger partial charge in [0, 0.05) is 24.6 Å². The van der Waals surface area contributed by atoms with Crippen LogP contribution < -0.4 is 10.3 Å². The lowest BCUT2D eigenvalue weighted by Crippen LogP contribution is -2.40. The van der Waals surface area contributed by atoms with Crippen molar-refractivity contribution in [1.29, 1.82) is 0 Å². The van der Waals surface area contributed by atoms with E-state index < -0.39 is 21.7 Å². The molecular weight excluding hydrogens is 448 g/mol. The van der Waals surface area contributed by atoms with Crippen LogP contribution in [0.5, 0.6) is 5.75 Å².